The van der Waals surface area contributed by atoms with Crippen molar-refractivity contribution in [3.63, 3.8) is 0 Å². The standard InChI is InChI=1S/C25H21N3O3S/c1-27(2)21-10-8-18(9-11-21)20-14-23-24(19-12-13-29-17-19)16-28(25(23)26-15-20)32-31-30-22-6-4-3-5-7-22/h3-17H,1-2H3. The Kier molecular flexibility index (Phi) is 5.58. The van der Waals surface area contributed by atoms with E-state index in [1.54, 1.807) is 12.5 Å². The van der Waals surface area contributed by atoms with Crippen molar-refractivity contribution in [1.29, 1.82) is 0 Å². The van der Waals surface area contributed by atoms with E-state index in [1.165, 1.54) is 0 Å². The maximum absolute atomic E-state index is 5.41. The molecule has 0 saturated heterocycles. The summed E-state index contributed by atoms with van der Waals surface area (Å²) in [5, 5.41) is 0.997. The van der Waals surface area contributed by atoms with Gasteiger partial charge in [0.05, 0.1) is 12.5 Å². The van der Waals surface area contributed by atoms with Crippen LogP contribution in [0.1, 0.15) is 0 Å². The number of rotatable bonds is 7. The molecule has 3 heterocycles. The third-order valence-electron chi connectivity index (χ3n) is 5.15. The van der Waals surface area contributed by atoms with Gasteiger partial charge in [-0.2, -0.15) is 0 Å². The Morgan fingerprint density at radius 3 is 2.47 bits per heavy atom. The molecule has 0 saturated carbocycles. The maximum Gasteiger partial charge on any atom is 0.170 e. The average molecular weight is 444 g/mol. The molecule has 5 aromatic rings. The molecule has 0 aliphatic heterocycles. The second-order valence-corrected chi connectivity index (χ2v) is 8.13. The molecule has 0 aliphatic carbocycles. The van der Waals surface area contributed by atoms with Crippen LogP contribution in [0, 0.1) is 0 Å². The highest BCUT2D eigenvalue weighted by Gasteiger charge is 2.15. The molecule has 5 rings (SSSR count). The first-order chi connectivity index (χ1) is 15.7. The van der Waals surface area contributed by atoms with Crippen molar-refractivity contribution < 1.29 is 13.6 Å². The minimum Gasteiger partial charge on any atom is -0.472 e. The molecule has 32 heavy (non-hydrogen) atoms. The molecule has 0 atom stereocenters. The van der Waals surface area contributed by atoms with E-state index in [1.807, 2.05) is 66.9 Å². The molecule has 0 aliphatic rings. The molecule has 0 spiro atoms. The van der Waals surface area contributed by atoms with Crippen LogP contribution in [0.4, 0.5) is 5.69 Å². The average Bonchev–Trinajstić information content (AvgIpc) is 3.48. The van der Waals surface area contributed by atoms with Gasteiger partial charge >= 0.3 is 0 Å². The van der Waals surface area contributed by atoms with Crippen molar-refractivity contribution in [2.24, 2.45) is 0 Å². The Hall–Kier alpha value is -3.68. The van der Waals surface area contributed by atoms with Crippen LogP contribution in [0.3, 0.4) is 0 Å². The summed E-state index contributed by atoms with van der Waals surface area (Å²) in [5.41, 5.74) is 6.05. The van der Waals surface area contributed by atoms with Crippen LogP contribution < -0.4 is 9.79 Å². The van der Waals surface area contributed by atoms with Gasteiger partial charge in [0.1, 0.15) is 0 Å². The van der Waals surface area contributed by atoms with Crippen LogP contribution in [0.5, 0.6) is 5.75 Å². The maximum atomic E-state index is 5.41. The zero-order valence-electron chi connectivity index (χ0n) is 17.6. The van der Waals surface area contributed by atoms with E-state index in [-0.39, 0.29) is 0 Å². The van der Waals surface area contributed by atoms with Gasteiger partial charge in [0.2, 0.25) is 0 Å². The van der Waals surface area contributed by atoms with Crippen molar-refractivity contribution in [3.05, 3.63) is 91.7 Å². The molecule has 0 radical (unpaired) electrons. The van der Waals surface area contributed by atoms with Crippen molar-refractivity contribution in [2.75, 3.05) is 19.0 Å². The number of nitrogens with zero attached hydrogens (tertiary/aromatic N) is 3. The summed E-state index contributed by atoms with van der Waals surface area (Å²) < 4.78 is 12.6. The SMILES string of the molecule is CN(C)c1ccc(-c2cnc3c(c2)c(-c2ccoc2)cn3SOOc2ccccc2)cc1. The van der Waals surface area contributed by atoms with Gasteiger partial charge in [-0.1, -0.05) is 34.7 Å². The van der Waals surface area contributed by atoms with E-state index in [2.05, 4.69) is 35.2 Å². The smallest absolute Gasteiger partial charge is 0.170 e. The Morgan fingerprint density at radius 2 is 1.75 bits per heavy atom. The summed E-state index contributed by atoms with van der Waals surface area (Å²) in [7, 11) is 4.06. The Balaban J connectivity index is 1.48. The Labute approximate surface area is 190 Å². The van der Waals surface area contributed by atoms with Gasteiger partial charge in [-0.05, 0) is 42.0 Å². The topological polar surface area (TPSA) is 52.7 Å². The number of hydrogen-bond acceptors (Lipinski definition) is 6. The molecule has 2 aromatic carbocycles. The second-order valence-electron chi connectivity index (χ2n) is 7.46. The van der Waals surface area contributed by atoms with Crippen LogP contribution >= 0.6 is 12.2 Å². The molecule has 0 bridgehead atoms. The summed E-state index contributed by atoms with van der Waals surface area (Å²) in [6, 6.07) is 21.9. The van der Waals surface area contributed by atoms with Crippen LogP contribution in [-0.2, 0) is 4.33 Å². The highest BCUT2D eigenvalue weighted by atomic mass is 32.2. The molecular formula is C25H21N3O3S. The minimum atomic E-state index is 0.628. The molecule has 0 fully saturated rings. The zero-order valence-corrected chi connectivity index (χ0v) is 18.5. The monoisotopic (exact) mass is 443 g/mol. The number of anilines is 1. The second kappa shape index (κ2) is 8.82. The summed E-state index contributed by atoms with van der Waals surface area (Å²) in [5.74, 6) is 0.628. The summed E-state index contributed by atoms with van der Waals surface area (Å²) in [6.07, 6.45) is 7.24. The van der Waals surface area contributed by atoms with Crippen molar-refractivity contribution in [3.8, 4) is 28.0 Å². The van der Waals surface area contributed by atoms with E-state index in [0.29, 0.717) is 5.75 Å². The lowest BCUT2D eigenvalue weighted by atomic mass is 10.0. The lowest BCUT2D eigenvalue weighted by molar-refractivity contribution is -0.0785. The van der Waals surface area contributed by atoms with Gasteiger partial charge in [-0.25, -0.2) is 8.96 Å². The molecular weight excluding hydrogens is 422 g/mol. The van der Waals surface area contributed by atoms with Crippen LogP contribution in [0.2, 0.25) is 0 Å². The van der Waals surface area contributed by atoms with Crippen molar-refractivity contribution in [1.82, 2.24) is 8.96 Å². The Bertz CT molecular complexity index is 1310. The van der Waals surface area contributed by atoms with Crippen LogP contribution in [0.15, 0.2) is 96.1 Å². The largest absolute Gasteiger partial charge is 0.472 e. The lowest BCUT2D eigenvalue weighted by Crippen LogP contribution is -2.07. The van der Waals surface area contributed by atoms with Gasteiger partial charge in [0.25, 0.3) is 0 Å². The molecule has 6 nitrogen and oxygen atoms in total. The van der Waals surface area contributed by atoms with Crippen molar-refractivity contribution >= 4 is 28.9 Å². The van der Waals surface area contributed by atoms with E-state index in [0.717, 1.165) is 51.2 Å². The highest BCUT2D eigenvalue weighted by molar-refractivity contribution is 7.93. The highest BCUT2D eigenvalue weighted by Crippen LogP contribution is 2.35. The molecule has 3 aromatic heterocycles. The predicted octanol–water partition coefficient (Wildman–Crippen LogP) is 6.45. The quantitative estimate of drug-likeness (QED) is 0.164. The van der Waals surface area contributed by atoms with Crippen LogP contribution in [-0.4, -0.2) is 23.1 Å². The summed E-state index contributed by atoms with van der Waals surface area (Å²) in [4.78, 5) is 12.2. The molecule has 7 heteroatoms. The summed E-state index contributed by atoms with van der Waals surface area (Å²) >= 11 is 1.07. The normalized spacial score (nSPS) is 11.1. The molecule has 0 amide bonds. The fourth-order valence-corrected chi connectivity index (χ4v) is 4.00. The first kappa shape index (κ1) is 20.2. The number of hydrogen-bond donors (Lipinski definition) is 0. The van der Waals surface area contributed by atoms with Gasteiger partial charge in [0, 0.05) is 54.3 Å². The van der Waals surface area contributed by atoms with Gasteiger partial charge < -0.3 is 14.2 Å². The van der Waals surface area contributed by atoms with E-state index >= 15 is 0 Å². The third-order valence-corrected chi connectivity index (χ3v) is 5.71. The number of benzene rings is 2. The fraction of sp³-hybridized carbons (Fsp3) is 0.0800. The van der Waals surface area contributed by atoms with Gasteiger partial charge in [-0.3, -0.25) is 0 Å². The zero-order chi connectivity index (χ0) is 21.9. The minimum absolute atomic E-state index is 0.628. The third kappa shape index (κ3) is 4.08. The summed E-state index contributed by atoms with van der Waals surface area (Å²) in [6.45, 7) is 0. The van der Waals surface area contributed by atoms with E-state index < -0.39 is 0 Å². The van der Waals surface area contributed by atoms with Crippen LogP contribution in [0.25, 0.3) is 33.3 Å². The number of fused-ring (bicyclic) bond motifs is 1. The first-order valence-electron chi connectivity index (χ1n) is 10.1. The number of furan rings is 1. The molecule has 0 unspecified atom stereocenters. The Morgan fingerprint density at radius 1 is 0.938 bits per heavy atom. The van der Waals surface area contributed by atoms with Gasteiger partial charge in [-0.15, -0.1) is 0 Å². The molecule has 160 valence electrons. The number of aromatic nitrogens is 2. The predicted molar refractivity (Wildman–Crippen MR) is 128 cm³/mol. The first-order valence-corrected chi connectivity index (χ1v) is 10.8. The molecule has 0 N–H and O–H groups in total. The van der Waals surface area contributed by atoms with E-state index in [9.17, 15) is 0 Å². The van der Waals surface area contributed by atoms with Crippen molar-refractivity contribution in [2.45, 2.75) is 0 Å². The van der Waals surface area contributed by atoms with E-state index in [4.69, 9.17) is 18.6 Å². The lowest BCUT2D eigenvalue weighted by Gasteiger charge is -2.12. The number of para-hydroxylation sites is 1. The fourth-order valence-electron chi connectivity index (χ4n) is 3.46. The number of pyridine rings is 1. The van der Waals surface area contributed by atoms with Gasteiger partial charge in [0.15, 0.2) is 23.6 Å².